The van der Waals surface area contributed by atoms with E-state index in [9.17, 15) is 0 Å². The Labute approximate surface area is 300 Å². The van der Waals surface area contributed by atoms with Crippen molar-refractivity contribution in [1.82, 2.24) is 0 Å². The molecule has 244 valence electrons. The monoisotopic (exact) mass is 664 g/mol. The molecule has 0 amide bonds. The number of hydrogen-bond donors (Lipinski definition) is 0. The van der Waals surface area contributed by atoms with Crippen molar-refractivity contribution in [3.63, 3.8) is 0 Å². The average molecular weight is 665 g/mol. The molecule has 0 saturated carbocycles. The molecule has 2 aliphatic carbocycles. The second-order valence-electron chi connectivity index (χ2n) is 13.9. The van der Waals surface area contributed by atoms with Crippen LogP contribution in [-0.2, 0) is 0 Å². The van der Waals surface area contributed by atoms with Gasteiger partial charge in [-0.05, 0) is 91.7 Å². The Balaban J connectivity index is 1.14. The number of hydrogen-bond acceptors (Lipinski definition) is 2. The molecule has 2 nitrogen and oxygen atoms in total. The van der Waals surface area contributed by atoms with Crippen LogP contribution in [0.5, 0.6) is 0 Å². The van der Waals surface area contributed by atoms with Crippen LogP contribution in [0.4, 0.5) is 0 Å². The van der Waals surface area contributed by atoms with Crippen LogP contribution in [-0.4, -0.2) is 0 Å². The van der Waals surface area contributed by atoms with E-state index < -0.39 is 0 Å². The second-order valence-corrected chi connectivity index (χ2v) is 13.9. The molecule has 0 aliphatic heterocycles. The molecule has 0 saturated heterocycles. The molecular weight excluding hydrogens is 633 g/mol. The summed E-state index contributed by atoms with van der Waals surface area (Å²) in [6.45, 7) is 0. The van der Waals surface area contributed by atoms with Gasteiger partial charge in [-0.1, -0.05) is 146 Å². The minimum absolute atomic E-state index is 0.199. The number of fused-ring (bicyclic) bond motifs is 8. The van der Waals surface area contributed by atoms with E-state index in [4.69, 9.17) is 8.83 Å². The first kappa shape index (κ1) is 29.1. The molecule has 0 fully saturated rings. The summed E-state index contributed by atoms with van der Waals surface area (Å²) in [5.74, 6) is 0.199. The molecule has 0 N–H and O–H groups in total. The molecule has 2 aromatic heterocycles. The number of furan rings is 2. The van der Waals surface area contributed by atoms with Crippen LogP contribution >= 0.6 is 0 Å². The van der Waals surface area contributed by atoms with Gasteiger partial charge in [0.25, 0.3) is 0 Å². The van der Waals surface area contributed by atoms with E-state index in [1.165, 1.54) is 65.9 Å². The van der Waals surface area contributed by atoms with Crippen molar-refractivity contribution in [1.29, 1.82) is 0 Å². The first-order chi connectivity index (χ1) is 25.8. The van der Waals surface area contributed by atoms with Crippen molar-refractivity contribution in [2.24, 2.45) is 5.92 Å². The second kappa shape index (κ2) is 11.4. The zero-order chi connectivity index (χ0) is 34.2. The molecule has 11 rings (SSSR count). The largest absolute Gasteiger partial charge is 0.456 e. The highest BCUT2D eigenvalue weighted by atomic mass is 16.3. The summed E-state index contributed by atoms with van der Waals surface area (Å²) in [6, 6.07) is 56.7. The van der Waals surface area contributed by atoms with Crippen molar-refractivity contribution in [3.05, 3.63) is 203 Å². The molecule has 2 heterocycles. The van der Waals surface area contributed by atoms with E-state index in [0.29, 0.717) is 0 Å². The smallest absolute Gasteiger partial charge is 0.136 e. The molecule has 7 aromatic carbocycles. The summed E-state index contributed by atoms with van der Waals surface area (Å²) in [5.41, 5.74) is 15.0. The molecular formula is C50H32O2. The van der Waals surface area contributed by atoms with Gasteiger partial charge in [0.2, 0.25) is 0 Å². The van der Waals surface area contributed by atoms with Gasteiger partial charge in [0, 0.05) is 33.0 Å². The van der Waals surface area contributed by atoms with E-state index >= 15 is 0 Å². The van der Waals surface area contributed by atoms with E-state index in [2.05, 4.69) is 164 Å². The normalized spacial score (nSPS) is 15.4. The van der Waals surface area contributed by atoms with E-state index in [1.54, 1.807) is 0 Å². The lowest BCUT2D eigenvalue weighted by Crippen LogP contribution is -2.37. The quantitative estimate of drug-likeness (QED) is 0.187. The number of allylic oxidation sites excluding steroid dienone is 4. The van der Waals surface area contributed by atoms with Gasteiger partial charge in [0.05, 0.1) is 0 Å². The Hall–Kier alpha value is -6.64. The van der Waals surface area contributed by atoms with Crippen LogP contribution in [0.2, 0.25) is 0 Å². The van der Waals surface area contributed by atoms with Gasteiger partial charge >= 0.3 is 0 Å². The Morgan fingerprint density at radius 2 is 1.10 bits per heavy atom. The maximum Gasteiger partial charge on any atom is 0.136 e. The highest BCUT2D eigenvalue weighted by Crippen LogP contribution is 2.46. The third kappa shape index (κ3) is 4.37. The number of rotatable bonds is 4. The van der Waals surface area contributed by atoms with E-state index in [0.717, 1.165) is 44.9 Å². The van der Waals surface area contributed by atoms with Crippen molar-refractivity contribution < 1.29 is 8.83 Å². The van der Waals surface area contributed by atoms with Crippen LogP contribution < -0.4 is 10.4 Å². The van der Waals surface area contributed by atoms with Gasteiger partial charge in [-0.3, -0.25) is 0 Å². The summed E-state index contributed by atoms with van der Waals surface area (Å²) in [6.07, 6.45) is 7.85. The molecule has 1 unspecified atom stereocenters. The molecule has 0 spiro atoms. The summed E-state index contributed by atoms with van der Waals surface area (Å²) < 4.78 is 12.6. The molecule has 0 bridgehead atoms. The summed E-state index contributed by atoms with van der Waals surface area (Å²) >= 11 is 0. The van der Waals surface area contributed by atoms with Crippen molar-refractivity contribution in [2.75, 3.05) is 0 Å². The molecule has 2 aliphatic rings. The molecule has 0 radical (unpaired) electrons. The van der Waals surface area contributed by atoms with E-state index in [-0.39, 0.29) is 5.92 Å². The summed E-state index contributed by atoms with van der Waals surface area (Å²) in [5, 5.41) is 7.18. The Kier molecular flexibility index (Phi) is 6.41. The van der Waals surface area contributed by atoms with Crippen LogP contribution in [0, 0.1) is 5.92 Å². The minimum Gasteiger partial charge on any atom is -0.456 e. The highest BCUT2D eigenvalue weighted by Gasteiger charge is 2.31. The molecule has 9 aromatic rings. The Morgan fingerprint density at radius 3 is 1.94 bits per heavy atom. The third-order valence-electron chi connectivity index (χ3n) is 11.1. The fourth-order valence-corrected chi connectivity index (χ4v) is 8.78. The van der Waals surface area contributed by atoms with Crippen LogP contribution in [0.1, 0.15) is 17.5 Å². The van der Waals surface area contributed by atoms with Gasteiger partial charge < -0.3 is 8.83 Å². The van der Waals surface area contributed by atoms with Crippen molar-refractivity contribution in [3.8, 4) is 22.3 Å². The Bertz CT molecular complexity index is 3080. The van der Waals surface area contributed by atoms with Gasteiger partial charge in [-0.25, -0.2) is 0 Å². The van der Waals surface area contributed by atoms with Gasteiger partial charge in [-0.15, -0.1) is 0 Å². The topological polar surface area (TPSA) is 26.3 Å². The van der Waals surface area contributed by atoms with Crippen LogP contribution in [0.15, 0.2) is 190 Å². The maximum atomic E-state index is 6.44. The first-order valence-electron chi connectivity index (χ1n) is 18.0. The molecule has 2 heteroatoms. The lowest BCUT2D eigenvalue weighted by Gasteiger charge is -2.32. The fourth-order valence-electron chi connectivity index (χ4n) is 8.78. The zero-order valence-electron chi connectivity index (χ0n) is 28.3. The molecule has 52 heavy (non-hydrogen) atoms. The minimum atomic E-state index is 0.199. The van der Waals surface area contributed by atoms with Crippen LogP contribution in [0.3, 0.4) is 0 Å². The predicted octanol–water partition coefficient (Wildman–Crippen LogP) is 11.7. The SMILES string of the molecule is C1=CCC2C(=C1)C(c1ccc(-c3ccc4oc5ccccc5c4c3)cc1)=c1ccccc1=C2c1ccc2oc3ccccc3c2c1-c1ccccc1. The van der Waals surface area contributed by atoms with Gasteiger partial charge in [-0.2, -0.15) is 0 Å². The summed E-state index contributed by atoms with van der Waals surface area (Å²) in [4.78, 5) is 0. The molecule has 1 atom stereocenters. The Morgan fingerprint density at radius 1 is 0.462 bits per heavy atom. The maximum absolute atomic E-state index is 6.44. The average Bonchev–Trinajstić information content (AvgIpc) is 3.78. The first-order valence-corrected chi connectivity index (χ1v) is 18.0. The number of para-hydroxylation sites is 2. The zero-order valence-corrected chi connectivity index (χ0v) is 28.3. The van der Waals surface area contributed by atoms with E-state index in [1.807, 2.05) is 12.1 Å². The highest BCUT2D eigenvalue weighted by molar-refractivity contribution is 6.15. The fraction of sp³-hybridized carbons (Fsp3) is 0.0400. The van der Waals surface area contributed by atoms with Gasteiger partial charge in [0.15, 0.2) is 0 Å². The number of benzene rings is 7. The van der Waals surface area contributed by atoms with Crippen molar-refractivity contribution >= 4 is 55.0 Å². The van der Waals surface area contributed by atoms with Gasteiger partial charge in [0.1, 0.15) is 22.3 Å². The predicted molar refractivity (Wildman–Crippen MR) is 214 cm³/mol. The van der Waals surface area contributed by atoms with Crippen molar-refractivity contribution in [2.45, 2.75) is 6.42 Å². The summed E-state index contributed by atoms with van der Waals surface area (Å²) in [7, 11) is 0. The lowest BCUT2D eigenvalue weighted by molar-refractivity contribution is 0.668. The standard InChI is InChI=1S/C50H32O2/c1-2-12-32(13-3-1)48-41(27-29-46-50(48)40-19-9-11-21-44(40)52-46)49-38-17-6-4-15-36(38)47(37-16-5-7-18-39(37)49)33-24-22-31(23-25-33)34-26-28-45-42(30-34)35-14-8-10-20-43(35)51-45/h1-17,19-30,39H,18H2. The van der Waals surface area contributed by atoms with Crippen LogP contribution in [0.25, 0.3) is 77.3 Å². The third-order valence-corrected chi connectivity index (χ3v) is 11.1. The lowest BCUT2D eigenvalue weighted by atomic mass is 9.71.